The first-order valence-electron chi connectivity index (χ1n) is 8.74. The molecule has 1 aliphatic heterocycles. The molecule has 1 heterocycles. The average molecular weight is 338 g/mol. The summed E-state index contributed by atoms with van der Waals surface area (Å²) in [6, 6.07) is 16.8. The molecule has 0 unspecified atom stereocenters. The van der Waals surface area contributed by atoms with Crippen LogP contribution in [0.3, 0.4) is 0 Å². The fourth-order valence-corrected chi connectivity index (χ4v) is 3.96. The Balaban J connectivity index is 1.56. The van der Waals surface area contributed by atoms with Crippen LogP contribution in [0.4, 0.5) is 0 Å². The largest absolute Gasteiger partial charge is 0.457 e. The van der Waals surface area contributed by atoms with E-state index in [-0.39, 0.29) is 6.04 Å². The first kappa shape index (κ1) is 15.5. The molecule has 1 saturated carbocycles. The highest BCUT2D eigenvalue weighted by atomic mass is 32.1. The van der Waals surface area contributed by atoms with Gasteiger partial charge in [0.15, 0.2) is 5.11 Å². The summed E-state index contributed by atoms with van der Waals surface area (Å²) in [5.41, 5.74) is 2.26. The number of thiocarbonyl (C=S) groups is 1. The molecule has 0 saturated heterocycles. The van der Waals surface area contributed by atoms with E-state index in [0.717, 1.165) is 27.7 Å². The Hall–Kier alpha value is -2.07. The van der Waals surface area contributed by atoms with Gasteiger partial charge in [-0.25, -0.2) is 0 Å². The monoisotopic (exact) mass is 338 g/mol. The van der Waals surface area contributed by atoms with Crippen molar-refractivity contribution >= 4 is 17.3 Å². The van der Waals surface area contributed by atoms with Gasteiger partial charge in [0.1, 0.15) is 11.5 Å². The van der Waals surface area contributed by atoms with Crippen LogP contribution in [0, 0.1) is 0 Å². The van der Waals surface area contributed by atoms with Gasteiger partial charge in [-0.15, -0.1) is 0 Å². The predicted octanol–water partition coefficient (Wildman–Crippen LogP) is 4.68. The van der Waals surface area contributed by atoms with Crippen molar-refractivity contribution in [3.8, 4) is 11.5 Å². The molecule has 4 heteroatoms. The molecule has 124 valence electrons. The van der Waals surface area contributed by atoms with Crippen molar-refractivity contribution in [3.05, 3.63) is 59.7 Å². The minimum Gasteiger partial charge on any atom is -0.457 e. The van der Waals surface area contributed by atoms with Gasteiger partial charge in [0, 0.05) is 17.2 Å². The topological polar surface area (TPSA) is 33.3 Å². The third-order valence-electron chi connectivity index (χ3n) is 4.90. The molecule has 0 spiro atoms. The van der Waals surface area contributed by atoms with Crippen molar-refractivity contribution in [2.24, 2.45) is 0 Å². The van der Waals surface area contributed by atoms with E-state index >= 15 is 0 Å². The lowest BCUT2D eigenvalue weighted by Crippen LogP contribution is -2.44. The van der Waals surface area contributed by atoms with Crippen molar-refractivity contribution in [1.82, 2.24) is 10.6 Å². The van der Waals surface area contributed by atoms with E-state index in [4.69, 9.17) is 17.0 Å². The van der Waals surface area contributed by atoms with Gasteiger partial charge in [-0.1, -0.05) is 55.7 Å². The molecule has 0 atom stereocenters. The summed E-state index contributed by atoms with van der Waals surface area (Å²) in [6.07, 6.45) is 6.36. The molecule has 1 aliphatic carbocycles. The zero-order valence-electron chi connectivity index (χ0n) is 13.6. The van der Waals surface area contributed by atoms with Gasteiger partial charge in [-0.05, 0) is 37.2 Å². The van der Waals surface area contributed by atoms with Crippen LogP contribution >= 0.6 is 12.2 Å². The van der Waals surface area contributed by atoms with E-state index in [0.29, 0.717) is 6.04 Å². The lowest BCUT2D eigenvalue weighted by Gasteiger charge is -2.31. The van der Waals surface area contributed by atoms with Gasteiger partial charge < -0.3 is 15.4 Å². The number of fused-ring (bicyclic) bond motifs is 2. The van der Waals surface area contributed by atoms with E-state index < -0.39 is 0 Å². The molecule has 2 aromatic rings. The molecule has 2 aromatic carbocycles. The third kappa shape index (κ3) is 3.11. The van der Waals surface area contributed by atoms with Crippen LogP contribution < -0.4 is 15.4 Å². The normalized spacial score (nSPS) is 17.3. The van der Waals surface area contributed by atoms with Crippen LogP contribution in [-0.4, -0.2) is 11.2 Å². The number of para-hydroxylation sites is 2. The molecule has 2 N–H and O–H groups in total. The summed E-state index contributed by atoms with van der Waals surface area (Å²) >= 11 is 5.61. The highest BCUT2D eigenvalue weighted by Crippen LogP contribution is 2.42. The minimum absolute atomic E-state index is 0.0229. The lowest BCUT2D eigenvalue weighted by molar-refractivity contribution is 0.408. The van der Waals surface area contributed by atoms with E-state index in [1.165, 1.54) is 32.1 Å². The predicted molar refractivity (Wildman–Crippen MR) is 101 cm³/mol. The van der Waals surface area contributed by atoms with Crippen molar-refractivity contribution in [3.63, 3.8) is 0 Å². The highest BCUT2D eigenvalue weighted by molar-refractivity contribution is 7.80. The van der Waals surface area contributed by atoms with E-state index in [2.05, 4.69) is 22.8 Å². The second-order valence-electron chi connectivity index (χ2n) is 6.56. The van der Waals surface area contributed by atoms with E-state index in [1.54, 1.807) is 0 Å². The smallest absolute Gasteiger partial charge is 0.167 e. The van der Waals surface area contributed by atoms with Gasteiger partial charge in [-0.3, -0.25) is 0 Å². The van der Waals surface area contributed by atoms with Crippen molar-refractivity contribution in [2.45, 2.75) is 44.2 Å². The Labute approximate surface area is 148 Å². The summed E-state index contributed by atoms with van der Waals surface area (Å²) in [7, 11) is 0. The highest BCUT2D eigenvalue weighted by Gasteiger charge is 2.27. The molecular weight excluding hydrogens is 316 g/mol. The van der Waals surface area contributed by atoms with Gasteiger partial charge in [-0.2, -0.15) is 0 Å². The van der Waals surface area contributed by atoms with Crippen molar-refractivity contribution < 1.29 is 4.74 Å². The lowest BCUT2D eigenvalue weighted by atomic mass is 9.94. The zero-order valence-corrected chi connectivity index (χ0v) is 14.4. The standard InChI is InChI=1S/C20H22N2OS/c24-20(21-14-8-2-1-3-9-14)22-19-15-10-4-6-12-17(15)23-18-13-7-5-11-16(18)19/h4-7,10-14,19H,1-3,8-9H2,(H2,21,22,24). The molecular formula is C20H22N2OS. The maximum Gasteiger partial charge on any atom is 0.167 e. The van der Waals surface area contributed by atoms with E-state index in [1.807, 2.05) is 36.4 Å². The molecule has 0 amide bonds. The molecule has 24 heavy (non-hydrogen) atoms. The zero-order chi connectivity index (χ0) is 16.4. The molecule has 0 radical (unpaired) electrons. The van der Waals surface area contributed by atoms with Gasteiger partial charge >= 0.3 is 0 Å². The van der Waals surface area contributed by atoms with Gasteiger partial charge in [0.25, 0.3) is 0 Å². The first-order chi connectivity index (χ1) is 11.8. The Morgan fingerprint density at radius 2 is 1.42 bits per heavy atom. The molecule has 0 bridgehead atoms. The maximum atomic E-state index is 6.04. The molecule has 3 nitrogen and oxygen atoms in total. The molecule has 0 aromatic heterocycles. The summed E-state index contributed by atoms with van der Waals surface area (Å²) < 4.78 is 6.04. The number of benzene rings is 2. The summed E-state index contributed by atoms with van der Waals surface area (Å²) in [4.78, 5) is 0. The minimum atomic E-state index is 0.0229. The average Bonchev–Trinajstić information content (AvgIpc) is 2.62. The Bertz CT molecular complexity index is 694. The van der Waals surface area contributed by atoms with Crippen LogP contribution in [0.1, 0.15) is 49.3 Å². The summed E-state index contributed by atoms with van der Waals surface area (Å²) in [6.45, 7) is 0. The summed E-state index contributed by atoms with van der Waals surface area (Å²) in [5, 5.41) is 7.76. The van der Waals surface area contributed by atoms with Gasteiger partial charge in [0.2, 0.25) is 0 Å². The number of rotatable bonds is 2. The number of nitrogens with one attached hydrogen (secondary N) is 2. The Morgan fingerprint density at radius 1 is 0.833 bits per heavy atom. The number of hydrogen-bond donors (Lipinski definition) is 2. The van der Waals surface area contributed by atoms with Crippen molar-refractivity contribution in [1.29, 1.82) is 0 Å². The number of hydrogen-bond acceptors (Lipinski definition) is 2. The van der Waals surface area contributed by atoms with Crippen molar-refractivity contribution in [2.75, 3.05) is 0 Å². The summed E-state index contributed by atoms with van der Waals surface area (Å²) in [5.74, 6) is 1.79. The quantitative estimate of drug-likeness (QED) is 0.779. The molecule has 4 rings (SSSR count). The van der Waals surface area contributed by atoms with Crippen LogP contribution in [0.5, 0.6) is 11.5 Å². The van der Waals surface area contributed by atoms with Crippen LogP contribution in [0.25, 0.3) is 0 Å². The van der Waals surface area contributed by atoms with Crippen LogP contribution in [-0.2, 0) is 0 Å². The van der Waals surface area contributed by atoms with Crippen LogP contribution in [0.15, 0.2) is 48.5 Å². The van der Waals surface area contributed by atoms with Gasteiger partial charge in [0.05, 0.1) is 6.04 Å². The third-order valence-corrected chi connectivity index (χ3v) is 5.13. The maximum absolute atomic E-state index is 6.04. The number of ether oxygens (including phenoxy) is 1. The van der Waals surface area contributed by atoms with E-state index in [9.17, 15) is 0 Å². The molecule has 1 fully saturated rings. The Kier molecular flexibility index (Phi) is 4.39. The fraction of sp³-hybridized carbons (Fsp3) is 0.350. The fourth-order valence-electron chi connectivity index (χ4n) is 3.67. The second kappa shape index (κ2) is 6.81. The van der Waals surface area contributed by atoms with Crippen LogP contribution in [0.2, 0.25) is 0 Å². The molecule has 2 aliphatic rings. The SMILES string of the molecule is S=C(NC1CCCCC1)NC1c2ccccc2Oc2ccccc21. The second-order valence-corrected chi connectivity index (χ2v) is 6.97. The Morgan fingerprint density at radius 3 is 2.04 bits per heavy atom. The first-order valence-corrected chi connectivity index (χ1v) is 9.15.